The van der Waals surface area contributed by atoms with Crippen LogP contribution in [0.15, 0.2) is 91.0 Å². The van der Waals surface area contributed by atoms with Gasteiger partial charge in [0.25, 0.3) is 0 Å². The number of benzene rings is 4. The first kappa shape index (κ1) is 23.7. The number of carbonyl (C=O) groups excluding carboxylic acids is 1. The van der Waals surface area contributed by atoms with Gasteiger partial charge in [-0.2, -0.15) is 5.26 Å². The van der Waals surface area contributed by atoms with Crippen LogP contribution in [0.1, 0.15) is 47.2 Å². The Kier molecular flexibility index (Phi) is 6.81. The van der Waals surface area contributed by atoms with Gasteiger partial charge in [-0.15, -0.1) is 0 Å². The van der Waals surface area contributed by atoms with Gasteiger partial charge in [-0.1, -0.05) is 72.8 Å². The summed E-state index contributed by atoms with van der Waals surface area (Å²) in [5.41, 5.74) is 3.79. The van der Waals surface area contributed by atoms with E-state index in [9.17, 15) is 18.8 Å². The van der Waals surface area contributed by atoms with Crippen LogP contribution in [0.3, 0.4) is 0 Å². The second-order valence-corrected chi connectivity index (χ2v) is 9.68. The largest absolute Gasteiger partial charge is 0.755 e. The van der Waals surface area contributed by atoms with Gasteiger partial charge in [-0.05, 0) is 58.5 Å². The van der Waals surface area contributed by atoms with Crippen LogP contribution in [-0.2, 0) is 22.5 Å². The maximum absolute atomic E-state index is 13.3. The molecule has 0 saturated heterocycles. The molecule has 0 aliphatic heterocycles. The van der Waals surface area contributed by atoms with E-state index in [1.807, 2.05) is 78.9 Å². The van der Waals surface area contributed by atoms with Crippen LogP contribution in [0.25, 0.3) is 10.8 Å². The number of nitrogens with one attached hydrogen (secondary N) is 1. The van der Waals surface area contributed by atoms with E-state index in [4.69, 9.17) is 0 Å². The monoisotopic (exact) mass is 494 g/mol. The molecule has 0 heterocycles. The number of amides is 1. The molecule has 1 aliphatic carbocycles. The molecular weight excluding hydrogens is 470 g/mol. The predicted molar refractivity (Wildman–Crippen MR) is 140 cm³/mol. The zero-order chi connectivity index (χ0) is 25.1. The number of hydrogen-bond acceptors (Lipinski definition) is 4. The molecule has 0 radical (unpaired) electrons. The van der Waals surface area contributed by atoms with Crippen molar-refractivity contribution in [2.45, 2.75) is 31.3 Å². The number of hydrogen-bond donors (Lipinski definition) is 1. The second-order valence-electron chi connectivity index (χ2n) is 8.85. The topological polar surface area (TPSA) is 96.3 Å². The maximum Gasteiger partial charge on any atom is 0.222 e. The minimum absolute atomic E-state index is 0.0470. The van der Waals surface area contributed by atoms with Crippen LogP contribution in [0.5, 0.6) is 0 Å². The van der Waals surface area contributed by atoms with E-state index in [0.717, 1.165) is 33.9 Å². The second kappa shape index (κ2) is 10.3. The average molecular weight is 495 g/mol. The van der Waals surface area contributed by atoms with Gasteiger partial charge in [-0.25, -0.2) is 0 Å². The fourth-order valence-electron chi connectivity index (χ4n) is 5.03. The first-order valence-electron chi connectivity index (χ1n) is 11.8. The Morgan fingerprint density at radius 3 is 2.53 bits per heavy atom. The molecule has 0 saturated carbocycles. The highest BCUT2D eigenvalue weighted by Crippen LogP contribution is 2.35. The van der Waals surface area contributed by atoms with Crippen LogP contribution in [-0.4, -0.2) is 14.7 Å². The molecule has 0 bridgehead atoms. The van der Waals surface area contributed by atoms with Crippen molar-refractivity contribution in [1.82, 2.24) is 5.32 Å². The van der Waals surface area contributed by atoms with Gasteiger partial charge in [0.15, 0.2) is 0 Å². The van der Waals surface area contributed by atoms with Crippen molar-refractivity contribution in [2.24, 2.45) is 0 Å². The molecule has 0 spiro atoms. The molecular formula is C29H24N3O3S-. The van der Waals surface area contributed by atoms with Gasteiger partial charge in [-0.3, -0.25) is 13.3 Å². The lowest BCUT2D eigenvalue weighted by molar-refractivity contribution is -0.122. The molecule has 5 rings (SSSR count). The summed E-state index contributed by atoms with van der Waals surface area (Å²) in [5.74, 6) is -0.250. The Bertz CT molecular complexity index is 1480. The smallest absolute Gasteiger partial charge is 0.222 e. The first-order valence-corrected chi connectivity index (χ1v) is 12.8. The molecule has 0 fully saturated rings. The molecule has 1 amide bonds. The van der Waals surface area contributed by atoms with E-state index in [0.29, 0.717) is 17.7 Å². The van der Waals surface area contributed by atoms with Crippen molar-refractivity contribution in [2.75, 3.05) is 4.31 Å². The van der Waals surface area contributed by atoms with E-state index in [1.165, 1.54) is 4.31 Å². The summed E-state index contributed by atoms with van der Waals surface area (Å²) >= 11 is -2.62. The maximum atomic E-state index is 13.3. The quantitative estimate of drug-likeness (QED) is 0.355. The first-order chi connectivity index (χ1) is 17.5. The summed E-state index contributed by atoms with van der Waals surface area (Å²) < 4.78 is 26.4. The van der Waals surface area contributed by atoms with Crippen LogP contribution < -0.4 is 9.62 Å². The fourth-order valence-corrected chi connectivity index (χ4v) is 5.72. The SMILES string of the molecule is N#Cc1cccc2c1CCC2NC(=O)CC(c1ccccc1)N(c1ccc2ccccc2c1)S(=O)[O-]. The number of carbonyl (C=O) groups is 1. The van der Waals surface area contributed by atoms with Crippen molar-refractivity contribution >= 4 is 33.6 Å². The summed E-state index contributed by atoms with van der Waals surface area (Å²) in [7, 11) is 0. The fraction of sp³-hybridized carbons (Fsp3) is 0.172. The molecule has 1 N–H and O–H groups in total. The van der Waals surface area contributed by atoms with Crippen molar-refractivity contribution in [1.29, 1.82) is 5.26 Å². The Balaban J connectivity index is 1.45. The van der Waals surface area contributed by atoms with Gasteiger partial charge in [0.05, 0.1) is 30.1 Å². The molecule has 36 heavy (non-hydrogen) atoms. The number of nitrogens with zero attached hydrogens (tertiary/aromatic N) is 2. The Hall–Kier alpha value is -3.99. The molecule has 180 valence electrons. The van der Waals surface area contributed by atoms with Gasteiger partial charge in [0, 0.05) is 17.0 Å². The lowest BCUT2D eigenvalue weighted by atomic mass is 10.0. The van der Waals surface area contributed by atoms with E-state index in [2.05, 4.69) is 11.4 Å². The minimum atomic E-state index is -2.62. The zero-order valence-electron chi connectivity index (χ0n) is 19.5. The third kappa shape index (κ3) is 4.74. The summed E-state index contributed by atoms with van der Waals surface area (Å²) in [5, 5.41) is 14.4. The summed E-state index contributed by atoms with van der Waals surface area (Å²) in [6.07, 6.45) is 1.38. The van der Waals surface area contributed by atoms with E-state index < -0.39 is 17.3 Å². The molecule has 0 aromatic heterocycles. The van der Waals surface area contributed by atoms with Crippen molar-refractivity contribution < 1.29 is 13.6 Å². The lowest BCUT2D eigenvalue weighted by Crippen LogP contribution is -2.36. The normalized spacial score (nSPS) is 16.1. The van der Waals surface area contributed by atoms with Gasteiger partial charge in [0.2, 0.25) is 5.91 Å². The number of fused-ring (bicyclic) bond motifs is 2. The van der Waals surface area contributed by atoms with Crippen LogP contribution in [0.2, 0.25) is 0 Å². The van der Waals surface area contributed by atoms with E-state index >= 15 is 0 Å². The van der Waals surface area contributed by atoms with Crippen LogP contribution in [0, 0.1) is 11.3 Å². The van der Waals surface area contributed by atoms with Crippen molar-refractivity contribution in [3.8, 4) is 6.07 Å². The summed E-state index contributed by atoms with van der Waals surface area (Å²) in [6, 6.07) is 29.3. The molecule has 4 aromatic rings. The Morgan fingerprint density at radius 1 is 1.03 bits per heavy atom. The Morgan fingerprint density at radius 2 is 1.78 bits per heavy atom. The molecule has 3 unspecified atom stereocenters. The number of nitriles is 1. The molecule has 6 nitrogen and oxygen atoms in total. The number of anilines is 1. The predicted octanol–water partition coefficient (Wildman–Crippen LogP) is 5.25. The molecule has 4 aromatic carbocycles. The highest BCUT2D eigenvalue weighted by Gasteiger charge is 2.29. The average Bonchev–Trinajstić information content (AvgIpc) is 3.31. The molecule has 1 aliphatic rings. The molecule has 3 atom stereocenters. The number of rotatable bonds is 7. The van der Waals surface area contributed by atoms with Crippen molar-refractivity contribution in [3.05, 3.63) is 113 Å². The highest BCUT2D eigenvalue weighted by atomic mass is 32.2. The minimum Gasteiger partial charge on any atom is -0.755 e. The van der Waals surface area contributed by atoms with Gasteiger partial charge >= 0.3 is 0 Å². The third-order valence-corrected chi connectivity index (χ3v) is 7.51. The summed E-state index contributed by atoms with van der Waals surface area (Å²) in [4.78, 5) is 13.3. The van der Waals surface area contributed by atoms with Gasteiger partial charge < -0.3 is 9.87 Å². The van der Waals surface area contributed by atoms with Crippen LogP contribution >= 0.6 is 0 Å². The van der Waals surface area contributed by atoms with Gasteiger partial charge in [0.1, 0.15) is 0 Å². The molecule has 7 heteroatoms. The summed E-state index contributed by atoms with van der Waals surface area (Å²) in [6.45, 7) is 0. The van der Waals surface area contributed by atoms with Crippen LogP contribution in [0.4, 0.5) is 5.69 Å². The standard InChI is InChI=1S/C29H25N3O3S/c30-19-23-11-6-12-26-25(23)15-16-27(26)31-29(33)18-28(21-8-2-1-3-9-21)32(36(34)35)24-14-13-20-7-4-5-10-22(20)17-24/h1-14,17,27-28H,15-16,18H2,(H,31,33)(H,34,35)/p-1. The zero-order valence-corrected chi connectivity index (χ0v) is 20.3. The Labute approximate surface area is 212 Å². The van der Waals surface area contributed by atoms with E-state index in [1.54, 1.807) is 12.1 Å². The third-order valence-electron chi connectivity index (χ3n) is 6.72. The lowest BCUT2D eigenvalue weighted by Gasteiger charge is -2.35. The van der Waals surface area contributed by atoms with Crippen molar-refractivity contribution in [3.63, 3.8) is 0 Å². The highest BCUT2D eigenvalue weighted by molar-refractivity contribution is 7.80. The van der Waals surface area contributed by atoms with E-state index in [-0.39, 0.29) is 18.4 Å².